The standard InChI is InChI=1S/C23H14ClF6N5/c24-17-9-14(26)8-16-19(17)35-11-31-33-22(35)32-20(16)34(10-18(27)28)15-6-12(5-13(25)7-15)1-2-23(3-4-23)21(29)30/h5-9,11,18,21H,3-4,10H2. The molecule has 0 N–H and O–H groups in total. The van der Waals surface area contributed by atoms with Gasteiger partial charge in [0.15, 0.2) is 0 Å². The first-order chi connectivity index (χ1) is 16.7. The van der Waals surface area contributed by atoms with Crippen molar-refractivity contribution >= 4 is 39.8 Å². The van der Waals surface area contributed by atoms with Crippen LogP contribution in [0.5, 0.6) is 0 Å². The maximum absolute atomic E-state index is 14.5. The highest BCUT2D eigenvalue weighted by molar-refractivity contribution is 6.35. The molecule has 0 spiro atoms. The van der Waals surface area contributed by atoms with Crippen LogP contribution in [-0.2, 0) is 0 Å². The van der Waals surface area contributed by atoms with E-state index in [2.05, 4.69) is 27.0 Å². The summed E-state index contributed by atoms with van der Waals surface area (Å²) in [5, 5.41) is 7.57. The van der Waals surface area contributed by atoms with Gasteiger partial charge in [-0.25, -0.2) is 26.3 Å². The number of rotatable bonds is 5. The summed E-state index contributed by atoms with van der Waals surface area (Å²) in [5.41, 5.74) is -1.29. The molecule has 12 heteroatoms. The predicted molar refractivity (Wildman–Crippen MR) is 117 cm³/mol. The average molecular weight is 510 g/mol. The first kappa shape index (κ1) is 23.2. The van der Waals surface area contributed by atoms with E-state index < -0.39 is 36.4 Å². The third-order valence-corrected chi connectivity index (χ3v) is 5.97. The Morgan fingerprint density at radius 1 is 1.06 bits per heavy atom. The number of halogens is 7. The fourth-order valence-electron chi connectivity index (χ4n) is 3.79. The van der Waals surface area contributed by atoms with Crippen molar-refractivity contribution in [3.8, 4) is 11.8 Å². The second-order valence-corrected chi connectivity index (χ2v) is 8.53. The van der Waals surface area contributed by atoms with Crippen LogP contribution in [0.4, 0.5) is 37.8 Å². The molecule has 5 rings (SSSR count). The van der Waals surface area contributed by atoms with Crippen molar-refractivity contribution in [1.82, 2.24) is 19.6 Å². The predicted octanol–water partition coefficient (Wildman–Crippen LogP) is 6.01. The molecule has 0 aliphatic heterocycles. The van der Waals surface area contributed by atoms with Crippen LogP contribution in [0.3, 0.4) is 0 Å². The molecule has 0 radical (unpaired) electrons. The fraction of sp³-hybridized carbons (Fsp3) is 0.261. The first-order valence-electron chi connectivity index (χ1n) is 10.3. The Kier molecular flexibility index (Phi) is 5.71. The zero-order valence-corrected chi connectivity index (χ0v) is 18.4. The van der Waals surface area contributed by atoms with Crippen molar-refractivity contribution < 1.29 is 26.3 Å². The molecule has 1 saturated carbocycles. The quantitative estimate of drug-likeness (QED) is 0.244. The monoisotopic (exact) mass is 509 g/mol. The average Bonchev–Trinajstić information content (AvgIpc) is 3.44. The van der Waals surface area contributed by atoms with E-state index in [1.807, 2.05) is 0 Å². The summed E-state index contributed by atoms with van der Waals surface area (Å²) in [5.74, 6) is 3.27. The van der Waals surface area contributed by atoms with Gasteiger partial charge in [0, 0.05) is 16.6 Å². The number of nitrogens with zero attached hydrogens (tertiary/aromatic N) is 5. The van der Waals surface area contributed by atoms with Gasteiger partial charge < -0.3 is 4.90 Å². The molecule has 0 unspecified atom stereocenters. The normalized spacial score (nSPS) is 14.5. The minimum absolute atomic E-state index is 0.00991. The SMILES string of the molecule is Fc1cc(C#CC2(C(F)F)CC2)cc(N(CC(F)F)c2nc3nncn3c3c(Cl)cc(F)cc23)c1. The van der Waals surface area contributed by atoms with E-state index in [4.69, 9.17) is 11.6 Å². The third-order valence-electron chi connectivity index (χ3n) is 5.68. The summed E-state index contributed by atoms with van der Waals surface area (Å²) in [4.78, 5) is 5.23. The molecule has 1 fully saturated rings. The Balaban J connectivity index is 1.70. The number of hydrogen-bond acceptors (Lipinski definition) is 4. The van der Waals surface area contributed by atoms with Crippen LogP contribution in [0, 0.1) is 28.9 Å². The Labute approximate surface area is 199 Å². The highest BCUT2D eigenvalue weighted by Gasteiger charge is 2.50. The van der Waals surface area contributed by atoms with Crippen LogP contribution in [0.1, 0.15) is 18.4 Å². The molecule has 0 bridgehead atoms. The molecule has 5 nitrogen and oxygen atoms in total. The van der Waals surface area contributed by atoms with E-state index in [9.17, 15) is 26.3 Å². The van der Waals surface area contributed by atoms with Crippen LogP contribution in [0.2, 0.25) is 5.02 Å². The topological polar surface area (TPSA) is 46.3 Å². The number of hydrogen-bond donors (Lipinski definition) is 0. The second-order valence-electron chi connectivity index (χ2n) is 8.13. The number of anilines is 2. The molecule has 0 amide bonds. The number of aromatic nitrogens is 4. The van der Waals surface area contributed by atoms with Crippen LogP contribution >= 0.6 is 11.6 Å². The van der Waals surface area contributed by atoms with E-state index in [0.717, 1.165) is 29.2 Å². The van der Waals surface area contributed by atoms with Gasteiger partial charge in [-0.15, -0.1) is 10.2 Å². The van der Waals surface area contributed by atoms with Gasteiger partial charge in [-0.1, -0.05) is 23.4 Å². The molecule has 2 aromatic carbocycles. The lowest BCUT2D eigenvalue weighted by Crippen LogP contribution is -2.25. The van der Waals surface area contributed by atoms with Gasteiger partial charge in [-0.2, -0.15) is 4.98 Å². The molecular weight excluding hydrogens is 496 g/mol. The smallest absolute Gasteiger partial charge is 0.257 e. The van der Waals surface area contributed by atoms with E-state index in [-0.39, 0.29) is 51.6 Å². The van der Waals surface area contributed by atoms with Gasteiger partial charge in [0.1, 0.15) is 23.8 Å². The molecular formula is C23H14ClF6N5. The molecule has 180 valence electrons. The van der Waals surface area contributed by atoms with Gasteiger partial charge in [0.25, 0.3) is 18.6 Å². The van der Waals surface area contributed by atoms with Crippen molar-refractivity contribution in [1.29, 1.82) is 0 Å². The summed E-state index contributed by atoms with van der Waals surface area (Å²) in [6.45, 7) is -0.947. The minimum Gasteiger partial charge on any atom is -0.320 e. The highest BCUT2D eigenvalue weighted by atomic mass is 35.5. The Hall–Kier alpha value is -3.52. The van der Waals surface area contributed by atoms with Gasteiger partial charge in [0.05, 0.1) is 22.5 Å². The molecule has 0 saturated heterocycles. The highest BCUT2D eigenvalue weighted by Crippen LogP contribution is 2.50. The number of fused-ring (bicyclic) bond motifs is 3. The number of alkyl halides is 4. The zero-order valence-electron chi connectivity index (χ0n) is 17.6. The van der Waals surface area contributed by atoms with E-state index in [0.29, 0.717) is 0 Å². The molecule has 2 aromatic heterocycles. The molecule has 1 aliphatic carbocycles. The van der Waals surface area contributed by atoms with Gasteiger partial charge in [-0.05, 0) is 43.2 Å². The Bertz CT molecular complexity index is 1510. The van der Waals surface area contributed by atoms with Crippen molar-refractivity contribution in [3.05, 3.63) is 58.9 Å². The minimum atomic E-state index is -2.91. The Morgan fingerprint density at radius 3 is 2.49 bits per heavy atom. The largest absolute Gasteiger partial charge is 0.320 e. The second kappa shape index (κ2) is 8.61. The lowest BCUT2D eigenvalue weighted by Gasteiger charge is -2.25. The summed E-state index contributed by atoms with van der Waals surface area (Å²) in [6.07, 6.45) is -3.84. The lowest BCUT2D eigenvalue weighted by molar-refractivity contribution is 0.0921. The maximum atomic E-state index is 14.5. The van der Waals surface area contributed by atoms with Crippen molar-refractivity contribution in [3.63, 3.8) is 0 Å². The summed E-state index contributed by atoms with van der Waals surface area (Å²) in [6, 6.07) is 5.36. The Morgan fingerprint density at radius 2 is 1.80 bits per heavy atom. The molecule has 0 atom stereocenters. The lowest BCUT2D eigenvalue weighted by atomic mass is 10.1. The van der Waals surface area contributed by atoms with Gasteiger partial charge in [0.2, 0.25) is 0 Å². The zero-order chi connectivity index (χ0) is 24.9. The van der Waals surface area contributed by atoms with Gasteiger partial charge >= 0.3 is 0 Å². The van der Waals surface area contributed by atoms with Crippen LogP contribution < -0.4 is 4.90 Å². The molecule has 2 heterocycles. The van der Waals surface area contributed by atoms with Crippen molar-refractivity contribution in [2.45, 2.75) is 25.7 Å². The molecule has 35 heavy (non-hydrogen) atoms. The molecule has 4 aromatic rings. The van der Waals surface area contributed by atoms with Crippen LogP contribution in [-0.4, -0.2) is 39.0 Å². The third kappa shape index (κ3) is 4.34. The summed E-state index contributed by atoms with van der Waals surface area (Å²) >= 11 is 6.24. The van der Waals surface area contributed by atoms with E-state index in [1.54, 1.807) is 0 Å². The summed E-state index contributed by atoms with van der Waals surface area (Å²) < 4.78 is 83.9. The van der Waals surface area contributed by atoms with Crippen LogP contribution in [0.25, 0.3) is 16.7 Å². The first-order valence-corrected chi connectivity index (χ1v) is 10.7. The molecule has 1 aliphatic rings. The van der Waals surface area contributed by atoms with E-state index in [1.165, 1.54) is 16.8 Å². The summed E-state index contributed by atoms with van der Waals surface area (Å²) in [7, 11) is 0. The maximum Gasteiger partial charge on any atom is 0.257 e. The fourth-order valence-corrected chi connectivity index (χ4v) is 4.09. The van der Waals surface area contributed by atoms with Crippen molar-refractivity contribution in [2.24, 2.45) is 5.41 Å². The van der Waals surface area contributed by atoms with Gasteiger partial charge in [-0.3, -0.25) is 4.40 Å². The van der Waals surface area contributed by atoms with Crippen LogP contribution in [0.15, 0.2) is 36.7 Å². The number of benzene rings is 2. The van der Waals surface area contributed by atoms with E-state index >= 15 is 0 Å². The van der Waals surface area contributed by atoms with Crippen molar-refractivity contribution in [2.75, 3.05) is 11.4 Å².